The second-order valence-corrected chi connectivity index (χ2v) is 8.68. The van der Waals surface area contributed by atoms with Gasteiger partial charge >= 0.3 is 0 Å². The van der Waals surface area contributed by atoms with E-state index in [0.29, 0.717) is 22.6 Å². The van der Waals surface area contributed by atoms with Crippen molar-refractivity contribution in [2.75, 3.05) is 18.8 Å². The zero-order chi connectivity index (χ0) is 19.2. The van der Waals surface area contributed by atoms with Gasteiger partial charge in [-0.2, -0.15) is 14.7 Å². The Morgan fingerprint density at radius 1 is 1.41 bits per heavy atom. The molecular weight excluding hydrogens is 370 g/mol. The Morgan fingerprint density at radius 2 is 2.19 bits per heavy atom. The molecule has 140 valence electrons. The summed E-state index contributed by atoms with van der Waals surface area (Å²) >= 11 is 0. The number of sulfonamides is 1. The first kappa shape index (κ1) is 17.6. The van der Waals surface area contributed by atoms with Crippen molar-refractivity contribution in [3.63, 3.8) is 0 Å². The van der Waals surface area contributed by atoms with Gasteiger partial charge < -0.3 is 10.1 Å². The van der Waals surface area contributed by atoms with E-state index in [1.807, 2.05) is 0 Å². The fourth-order valence-electron chi connectivity index (χ4n) is 3.17. The molecule has 4 heterocycles. The van der Waals surface area contributed by atoms with Gasteiger partial charge in [0.1, 0.15) is 12.0 Å². The lowest BCUT2D eigenvalue weighted by Gasteiger charge is -2.44. The topological polar surface area (TPSA) is 141 Å². The number of nitrogens with one attached hydrogen (secondary N) is 1. The van der Waals surface area contributed by atoms with Crippen molar-refractivity contribution in [3.05, 3.63) is 30.5 Å². The molecule has 0 aliphatic carbocycles. The fourth-order valence-corrected chi connectivity index (χ4v) is 4.36. The van der Waals surface area contributed by atoms with Crippen molar-refractivity contribution >= 4 is 21.1 Å². The molecular formula is C16H17N7O3S. The van der Waals surface area contributed by atoms with Gasteiger partial charge in [-0.1, -0.05) is 0 Å². The van der Waals surface area contributed by atoms with Crippen LogP contribution in [-0.4, -0.2) is 61.4 Å². The number of hydrogen-bond donors (Lipinski definition) is 2. The molecule has 0 bridgehead atoms. The first-order chi connectivity index (χ1) is 12.9. The van der Waals surface area contributed by atoms with Crippen LogP contribution in [0.4, 0.5) is 0 Å². The minimum atomic E-state index is -3.33. The van der Waals surface area contributed by atoms with Crippen molar-refractivity contribution in [1.29, 1.82) is 5.26 Å². The highest BCUT2D eigenvalue weighted by Crippen LogP contribution is 2.33. The number of H-pyrrole nitrogens is 1. The maximum Gasteiger partial charge on any atom is 0.214 e. The summed E-state index contributed by atoms with van der Waals surface area (Å²) in [5.41, 5.74) is 1.48. The molecule has 11 heteroatoms. The number of aliphatic hydroxyl groups excluding tert-OH is 1. The van der Waals surface area contributed by atoms with Crippen molar-refractivity contribution in [3.8, 4) is 17.3 Å². The summed E-state index contributed by atoms with van der Waals surface area (Å²) in [7, 11) is -3.33. The lowest BCUT2D eigenvalue weighted by Crippen LogP contribution is -2.63. The van der Waals surface area contributed by atoms with Crippen LogP contribution in [0.3, 0.4) is 0 Å². The second-order valence-electron chi connectivity index (χ2n) is 6.42. The van der Waals surface area contributed by atoms with Gasteiger partial charge in [-0.05, 0) is 13.0 Å². The SMILES string of the molecule is CCS(=O)(=O)N1CC(C#N)(n2cc(-c3ncnc4[nH]c(CO)cc34)cn2)C1. The number of aromatic amines is 1. The van der Waals surface area contributed by atoms with Gasteiger partial charge in [0.2, 0.25) is 10.0 Å². The molecule has 0 radical (unpaired) electrons. The van der Waals surface area contributed by atoms with E-state index in [4.69, 9.17) is 0 Å². The lowest BCUT2D eigenvalue weighted by atomic mass is 9.95. The van der Waals surface area contributed by atoms with Gasteiger partial charge in [-0.3, -0.25) is 0 Å². The molecule has 0 spiro atoms. The smallest absolute Gasteiger partial charge is 0.214 e. The van der Waals surface area contributed by atoms with Crippen LogP contribution < -0.4 is 0 Å². The minimum absolute atomic E-state index is 0.00152. The van der Waals surface area contributed by atoms with Crippen LogP contribution in [0.25, 0.3) is 22.3 Å². The molecule has 3 aromatic rings. The molecule has 0 aromatic carbocycles. The van der Waals surface area contributed by atoms with Crippen LogP contribution in [-0.2, 0) is 22.2 Å². The molecule has 0 atom stereocenters. The van der Waals surface area contributed by atoms with E-state index in [9.17, 15) is 18.8 Å². The number of rotatable bonds is 5. The molecule has 1 fully saturated rings. The fraction of sp³-hybridized carbons (Fsp3) is 0.375. The Hall–Kier alpha value is -2.81. The maximum atomic E-state index is 12.0. The highest BCUT2D eigenvalue weighted by molar-refractivity contribution is 7.89. The van der Waals surface area contributed by atoms with Crippen LogP contribution in [0.15, 0.2) is 24.8 Å². The highest BCUT2D eigenvalue weighted by atomic mass is 32.2. The van der Waals surface area contributed by atoms with E-state index in [1.165, 1.54) is 15.3 Å². The number of fused-ring (bicyclic) bond motifs is 1. The third-order valence-corrected chi connectivity index (χ3v) is 6.56. The zero-order valence-corrected chi connectivity index (χ0v) is 15.3. The summed E-state index contributed by atoms with van der Waals surface area (Å²) in [6.45, 7) is 1.57. The van der Waals surface area contributed by atoms with E-state index >= 15 is 0 Å². The van der Waals surface area contributed by atoms with Crippen LogP contribution >= 0.6 is 0 Å². The summed E-state index contributed by atoms with van der Waals surface area (Å²) in [6.07, 6.45) is 4.68. The highest BCUT2D eigenvalue weighted by Gasteiger charge is 2.50. The standard InChI is InChI=1S/C16H17N7O3S/c1-2-27(25,26)22-8-16(7-17,9-22)23-5-11(4-20-23)14-13-3-12(6-24)21-15(13)19-10-18-14/h3-5,10,24H,2,6,8-9H2,1H3,(H,18,19,21). The number of aromatic nitrogens is 5. The summed E-state index contributed by atoms with van der Waals surface area (Å²) in [4.78, 5) is 11.5. The molecule has 0 saturated carbocycles. The van der Waals surface area contributed by atoms with Gasteiger partial charge in [0.25, 0.3) is 0 Å². The van der Waals surface area contributed by atoms with Crippen molar-refractivity contribution in [2.24, 2.45) is 0 Å². The Kier molecular flexibility index (Phi) is 3.99. The van der Waals surface area contributed by atoms with Crippen molar-refractivity contribution < 1.29 is 13.5 Å². The molecule has 1 aliphatic heterocycles. The number of nitriles is 1. The monoisotopic (exact) mass is 387 g/mol. The summed E-state index contributed by atoms with van der Waals surface area (Å²) in [5, 5.41) is 24.0. The van der Waals surface area contributed by atoms with Gasteiger partial charge in [0.05, 0.1) is 43.4 Å². The molecule has 2 N–H and O–H groups in total. The van der Waals surface area contributed by atoms with Crippen LogP contribution in [0.2, 0.25) is 0 Å². The number of nitrogens with zero attached hydrogens (tertiary/aromatic N) is 6. The van der Waals surface area contributed by atoms with Crippen LogP contribution in [0.1, 0.15) is 12.6 Å². The zero-order valence-electron chi connectivity index (χ0n) is 14.5. The largest absolute Gasteiger partial charge is 0.390 e. The molecule has 1 saturated heterocycles. The average Bonchev–Trinajstić information content (AvgIpc) is 3.28. The Morgan fingerprint density at radius 3 is 2.85 bits per heavy atom. The van der Waals surface area contributed by atoms with Crippen molar-refractivity contribution in [1.82, 2.24) is 29.0 Å². The average molecular weight is 387 g/mol. The van der Waals surface area contributed by atoms with E-state index in [0.717, 1.165) is 5.39 Å². The first-order valence-electron chi connectivity index (χ1n) is 8.30. The second kappa shape index (κ2) is 6.12. The molecule has 0 amide bonds. The first-order valence-corrected chi connectivity index (χ1v) is 9.91. The molecule has 4 rings (SSSR count). The molecule has 0 unspecified atom stereocenters. The van der Waals surface area contributed by atoms with Gasteiger partial charge in [-0.25, -0.2) is 23.1 Å². The lowest BCUT2D eigenvalue weighted by molar-refractivity contribution is 0.123. The van der Waals surface area contributed by atoms with E-state index in [2.05, 4.69) is 26.1 Å². The van der Waals surface area contributed by atoms with Crippen LogP contribution in [0.5, 0.6) is 0 Å². The Balaban J connectivity index is 1.69. The summed E-state index contributed by atoms with van der Waals surface area (Å²) < 4.78 is 26.7. The quantitative estimate of drug-likeness (QED) is 0.637. The predicted octanol–water partition coefficient (Wildman–Crippen LogP) is 0.198. The summed E-state index contributed by atoms with van der Waals surface area (Å²) in [6, 6.07) is 3.96. The number of aliphatic hydroxyl groups is 1. The predicted molar refractivity (Wildman–Crippen MR) is 95.7 cm³/mol. The Labute approximate surface area is 155 Å². The molecule has 27 heavy (non-hydrogen) atoms. The Bertz CT molecular complexity index is 1150. The van der Waals surface area contributed by atoms with E-state index in [1.54, 1.807) is 25.4 Å². The minimum Gasteiger partial charge on any atom is -0.390 e. The normalized spacial score (nSPS) is 16.9. The third kappa shape index (κ3) is 2.69. The summed E-state index contributed by atoms with van der Waals surface area (Å²) in [5.74, 6) is -0.00152. The third-order valence-electron chi connectivity index (χ3n) is 4.79. The van der Waals surface area contributed by atoms with E-state index < -0.39 is 15.6 Å². The molecule has 10 nitrogen and oxygen atoms in total. The van der Waals surface area contributed by atoms with Gasteiger partial charge in [0.15, 0.2) is 5.54 Å². The van der Waals surface area contributed by atoms with Crippen LogP contribution in [0, 0.1) is 11.3 Å². The van der Waals surface area contributed by atoms with Gasteiger partial charge in [-0.15, -0.1) is 0 Å². The molecule has 1 aliphatic rings. The van der Waals surface area contributed by atoms with E-state index in [-0.39, 0.29) is 25.4 Å². The number of hydrogen-bond acceptors (Lipinski definition) is 7. The van der Waals surface area contributed by atoms with Gasteiger partial charge in [0, 0.05) is 22.8 Å². The molecule has 3 aromatic heterocycles. The van der Waals surface area contributed by atoms with Crippen molar-refractivity contribution in [2.45, 2.75) is 19.1 Å². The maximum absolute atomic E-state index is 12.0.